The fraction of sp³-hybridized carbons (Fsp3) is 0.818. The Kier molecular flexibility index (Phi) is 8.05. The van der Waals surface area contributed by atoms with Crippen LogP contribution in [0.4, 0.5) is 0 Å². The summed E-state index contributed by atoms with van der Waals surface area (Å²) in [6, 6.07) is 0. The second kappa shape index (κ2) is 8.27. The first-order chi connectivity index (χ1) is 6.24. The SMILES string of the molecule is C=CC(C)CC.COCC1CCO1. The first kappa shape index (κ1) is 12.7. The minimum atomic E-state index is 0.407. The molecule has 2 heteroatoms. The molecular formula is C11H22O2. The largest absolute Gasteiger partial charge is 0.382 e. The summed E-state index contributed by atoms with van der Waals surface area (Å²) < 4.78 is 9.87. The van der Waals surface area contributed by atoms with Gasteiger partial charge >= 0.3 is 0 Å². The van der Waals surface area contributed by atoms with E-state index in [0.717, 1.165) is 13.2 Å². The Balaban J connectivity index is 0.000000226. The van der Waals surface area contributed by atoms with Crippen LogP contribution in [0, 0.1) is 5.92 Å². The van der Waals surface area contributed by atoms with Gasteiger partial charge in [0.05, 0.1) is 12.7 Å². The zero-order chi connectivity index (χ0) is 10.1. The van der Waals surface area contributed by atoms with Crippen LogP contribution in [0.5, 0.6) is 0 Å². The van der Waals surface area contributed by atoms with Gasteiger partial charge in [-0.1, -0.05) is 26.3 Å². The summed E-state index contributed by atoms with van der Waals surface area (Å²) in [5.74, 6) is 0.699. The van der Waals surface area contributed by atoms with E-state index in [-0.39, 0.29) is 0 Å². The van der Waals surface area contributed by atoms with Crippen LogP contribution >= 0.6 is 0 Å². The van der Waals surface area contributed by atoms with Crippen molar-refractivity contribution in [3.8, 4) is 0 Å². The Bertz CT molecular complexity index is 119. The molecular weight excluding hydrogens is 164 g/mol. The molecule has 2 atom stereocenters. The average Bonchev–Trinajstić information content (AvgIpc) is 2.11. The minimum absolute atomic E-state index is 0.407. The van der Waals surface area contributed by atoms with Crippen LogP contribution in [0.15, 0.2) is 12.7 Å². The highest BCUT2D eigenvalue weighted by atomic mass is 16.5. The third-order valence-corrected chi connectivity index (χ3v) is 2.19. The lowest BCUT2D eigenvalue weighted by molar-refractivity contribution is -0.0857. The number of hydrogen-bond acceptors (Lipinski definition) is 2. The quantitative estimate of drug-likeness (QED) is 0.628. The van der Waals surface area contributed by atoms with Crippen molar-refractivity contribution < 1.29 is 9.47 Å². The van der Waals surface area contributed by atoms with Gasteiger partial charge in [-0.3, -0.25) is 0 Å². The van der Waals surface area contributed by atoms with E-state index in [9.17, 15) is 0 Å². The molecule has 0 amide bonds. The highest BCUT2D eigenvalue weighted by Gasteiger charge is 2.16. The molecule has 0 bridgehead atoms. The van der Waals surface area contributed by atoms with Crippen LogP contribution in [0.25, 0.3) is 0 Å². The van der Waals surface area contributed by atoms with E-state index in [2.05, 4.69) is 20.4 Å². The van der Waals surface area contributed by atoms with Crippen molar-refractivity contribution in [3.63, 3.8) is 0 Å². The van der Waals surface area contributed by atoms with Crippen LogP contribution in [-0.2, 0) is 9.47 Å². The number of ether oxygens (including phenoxy) is 2. The van der Waals surface area contributed by atoms with Gasteiger partial charge in [-0.15, -0.1) is 6.58 Å². The zero-order valence-corrected chi connectivity index (χ0v) is 9.08. The van der Waals surface area contributed by atoms with E-state index in [4.69, 9.17) is 9.47 Å². The zero-order valence-electron chi connectivity index (χ0n) is 9.08. The lowest BCUT2D eigenvalue weighted by Crippen LogP contribution is -2.30. The fourth-order valence-electron chi connectivity index (χ4n) is 0.769. The van der Waals surface area contributed by atoms with E-state index in [1.54, 1.807) is 7.11 Å². The average molecular weight is 186 g/mol. The molecule has 1 rings (SSSR count). The van der Waals surface area contributed by atoms with Gasteiger partial charge in [0.15, 0.2) is 0 Å². The van der Waals surface area contributed by atoms with E-state index in [1.165, 1.54) is 12.8 Å². The molecule has 1 saturated heterocycles. The molecule has 2 unspecified atom stereocenters. The van der Waals surface area contributed by atoms with E-state index < -0.39 is 0 Å². The summed E-state index contributed by atoms with van der Waals surface area (Å²) in [6.45, 7) is 9.64. The van der Waals surface area contributed by atoms with Gasteiger partial charge in [-0.2, -0.15) is 0 Å². The van der Waals surface area contributed by atoms with Crippen molar-refractivity contribution in [1.29, 1.82) is 0 Å². The molecule has 0 N–H and O–H groups in total. The molecule has 13 heavy (non-hydrogen) atoms. The predicted octanol–water partition coefficient (Wildman–Crippen LogP) is 2.64. The summed E-state index contributed by atoms with van der Waals surface area (Å²) >= 11 is 0. The Morgan fingerprint density at radius 3 is 2.38 bits per heavy atom. The third kappa shape index (κ3) is 6.79. The lowest BCUT2D eigenvalue weighted by Gasteiger charge is -2.24. The molecule has 0 aromatic rings. The second-order valence-corrected chi connectivity index (χ2v) is 3.36. The molecule has 0 aromatic heterocycles. The smallest absolute Gasteiger partial charge is 0.0830 e. The molecule has 0 radical (unpaired) electrons. The number of allylic oxidation sites excluding steroid dienone is 1. The normalized spacial score (nSPS) is 22.2. The molecule has 78 valence electrons. The molecule has 2 nitrogen and oxygen atoms in total. The van der Waals surface area contributed by atoms with E-state index in [0.29, 0.717) is 12.0 Å². The van der Waals surface area contributed by atoms with Gasteiger partial charge in [-0.25, -0.2) is 0 Å². The number of methoxy groups -OCH3 is 1. The minimum Gasteiger partial charge on any atom is -0.382 e. The lowest BCUT2D eigenvalue weighted by atomic mass is 10.1. The summed E-state index contributed by atoms with van der Waals surface area (Å²) in [4.78, 5) is 0. The highest BCUT2D eigenvalue weighted by Crippen LogP contribution is 2.09. The molecule has 1 aliphatic rings. The Morgan fingerprint density at radius 2 is 2.31 bits per heavy atom. The standard InChI is InChI=1S/C6H12.C5H10O2/c1-4-6(3)5-2;1-6-4-5-2-3-7-5/h4,6H,1,5H2,2-3H3;5H,2-4H2,1H3. The van der Waals surface area contributed by atoms with Crippen LogP contribution in [0.2, 0.25) is 0 Å². The van der Waals surface area contributed by atoms with Crippen LogP contribution in [0.1, 0.15) is 26.7 Å². The topological polar surface area (TPSA) is 18.5 Å². The first-order valence-corrected chi connectivity index (χ1v) is 4.97. The first-order valence-electron chi connectivity index (χ1n) is 4.97. The second-order valence-electron chi connectivity index (χ2n) is 3.36. The predicted molar refractivity (Wildman–Crippen MR) is 55.9 cm³/mol. The van der Waals surface area contributed by atoms with Crippen molar-refractivity contribution in [2.24, 2.45) is 5.92 Å². The van der Waals surface area contributed by atoms with Gasteiger partial charge in [0.1, 0.15) is 0 Å². The Labute approximate surface area is 81.9 Å². The van der Waals surface area contributed by atoms with Crippen molar-refractivity contribution in [2.75, 3.05) is 20.3 Å². The molecule has 1 fully saturated rings. The van der Waals surface area contributed by atoms with Gasteiger partial charge in [0.2, 0.25) is 0 Å². The highest BCUT2D eigenvalue weighted by molar-refractivity contribution is 4.72. The van der Waals surface area contributed by atoms with Crippen molar-refractivity contribution in [1.82, 2.24) is 0 Å². The van der Waals surface area contributed by atoms with E-state index >= 15 is 0 Å². The van der Waals surface area contributed by atoms with Crippen molar-refractivity contribution in [2.45, 2.75) is 32.8 Å². The molecule has 1 heterocycles. The van der Waals surface area contributed by atoms with Gasteiger partial charge < -0.3 is 9.47 Å². The van der Waals surface area contributed by atoms with Gasteiger partial charge in [0, 0.05) is 13.7 Å². The molecule has 0 saturated carbocycles. The third-order valence-electron chi connectivity index (χ3n) is 2.19. The van der Waals surface area contributed by atoms with Crippen LogP contribution < -0.4 is 0 Å². The number of hydrogen-bond donors (Lipinski definition) is 0. The molecule has 0 spiro atoms. The maximum atomic E-state index is 5.05. The number of rotatable bonds is 4. The van der Waals surface area contributed by atoms with Crippen LogP contribution in [-0.4, -0.2) is 26.4 Å². The summed E-state index contributed by atoms with van der Waals surface area (Å²) in [6.07, 6.45) is 4.77. The maximum Gasteiger partial charge on any atom is 0.0830 e. The van der Waals surface area contributed by atoms with Crippen molar-refractivity contribution in [3.05, 3.63) is 12.7 Å². The van der Waals surface area contributed by atoms with Crippen LogP contribution in [0.3, 0.4) is 0 Å². The van der Waals surface area contributed by atoms with Gasteiger partial charge in [0.25, 0.3) is 0 Å². The summed E-state index contributed by atoms with van der Waals surface area (Å²) in [5, 5.41) is 0. The fourth-order valence-corrected chi connectivity index (χ4v) is 0.769. The molecule has 0 aromatic carbocycles. The Hall–Kier alpha value is -0.340. The molecule has 0 aliphatic carbocycles. The monoisotopic (exact) mass is 186 g/mol. The van der Waals surface area contributed by atoms with E-state index in [1.807, 2.05) is 6.08 Å². The molecule has 1 aliphatic heterocycles. The van der Waals surface area contributed by atoms with Gasteiger partial charge in [-0.05, 0) is 12.3 Å². The summed E-state index contributed by atoms with van der Waals surface area (Å²) in [5.41, 5.74) is 0. The van der Waals surface area contributed by atoms with Crippen molar-refractivity contribution >= 4 is 0 Å². The Morgan fingerprint density at radius 1 is 1.69 bits per heavy atom. The maximum absolute atomic E-state index is 5.05. The summed E-state index contributed by atoms with van der Waals surface area (Å²) in [7, 11) is 1.70.